The molecule has 154 valence electrons. The normalized spacial score (nSPS) is 11.7. The topological polar surface area (TPSA) is 168 Å². The van der Waals surface area contributed by atoms with Gasteiger partial charge in [-0.2, -0.15) is 4.52 Å². The van der Waals surface area contributed by atoms with Gasteiger partial charge in [0.2, 0.25) is 16.0 Å². The van der Waals surface area contributed by atoms with E-state index >= 15 is 0 Å². The number of benzene rings is 2. The van der Waals surface area contributed by atoms with Crippen molar-refractivity contribution in [1.82, 2.24) is 24.9 Å². The van der Waals surface area contributed by atoms with E-state index in [1.165, 1.54) is 35.9 Å². The summed E-state index contributed by atoms with van der Waals surface area (Å²) in [5.74, 6) is 0.592. The molecule has 0 unspecified atom stereocenters. The largest absolute Gasteiger partial charge is 0.494 e. The molecule has 0 fully saturated rings. The molecule has 2 heterocycles. The van der Waals surface area contributed by atoms with E-state index in [-0.39, 0.29) is 23.0 Å². The van der Waals surface area contributed by atoms with E-state index in [1.54, 1.807) is 12.1 Å². The first kappa shape index (κ1) is 19.5. The second-order valence-corrected chi connectivity index (χ2v) is 7.90. The third-order valence-electron chi connectivity index (χ3n) is 4.41. The summed E-state index contributed by atoms with van der Waals surface area (Å²) in [6.45, 7) is 0.0301. The number of hydrogen-bond donors (Lipinski definition) is 3. The number of anilines is 1. The van der Waals surface area contributed by atoms with Crippen LogP contribution in [0.2, 0.25) is 0 Å². The van der Waals surface area contributed by atoms with Crippen LogP contribution in [0, 0.1) is 0 Å². The quantitative estimate of drug-likeness (QED) is 0.412. The van der Waals surface area contributed by atoms with Gasteiger partial charge in [-0.25, -0.2) is 23.5 Å². The van der Waals surface area contributed by atoms with Crippen LogP contribution >= 0.6 is 0 Å². The van der Waals surface area contributed by atoms with E-state index in [0.29, 0.717) is 28.1 Å². The molecule has 1 amide bonds. The Balaban J connectivity index is 1.59. The van der Waals surface area contributed by atoms with Crippen molar-refractivity contribution in [2.75, 3.05) is 12.8 Å². The second kappa shape index (κ2) is 7.24. The van der Waals surface area contributed by atoms with Gasteiger partial charge in [0.1, 0.15) is 11.3 Å². The molecule has 4 aromatic rings. The van der Waals surface area contributed by atoms with Gasteiger partial charge in [0.15, 0.2) is 11.5 Å². The molecule has 0 spiro atoms. The number of methoxy groups -OCH3 is 1. The highest BCUT2D eigenvalue weighted by Gasteiger charge is 2.15. The fourth-order valence-electron chi connectivity index (χ4n) is 2.97. The van der Waals surface area contributed by atoms with Gasteiger partial charge >= 0.3 is 0 Å². The molecular formula is C18H17N7O4S. The average Bonchev–Trinajstić information content (AvgIpc) is 3.16. The van der Waals surface area contributed by atoms with E-state index in [9.17, 15) is 13.2 Å². The lowest BCUT2D eigenvalue weighted by Crippen LogP contribution is -2.23. The predicted octanol–water partition coefficient (Wildman–Crippen LogP) is 0.446. The number of para-hydroxylation sites is 1. The summed E-state index contributed by atoms with van der Waals surface area (Å²) in [6.07, 6.45) is 0. The van der Waals surface area contributed by atoms with Gasteiger partial charge in [0, 0.05) is 10.9 Å². The molecule has 0 aliphatic rings. The zero-order valence-electron chi connectivity index (χ0n) is 15.7. The Kier molecular flexibility index (Phi) is 4.72. The third-order valence-corrected chi connectivity index (χ3v) is 5.34. The number of sulfonamides is 1. The van der Waals surface area contributed by atoms with Crippen LogP contribution < -0.4 is 20.9 Å². The number of ether oxygens (including phenoxy) is 1. The predicted molar refractivity (Wildman–Crippen MR) is 108 cm³/mol. The molecule has 12 heteroatoms. The molecule has 4 rings (SSSR count). The first-order chi connectivity index (χ1) is 14.3. The van der Waals surface area contributed by atoms with Crippen LogP contribution in [-0.2, 0) is 16.6 Å². The SMILES string of the molecule is COc1cccc2c1nc(N)n1nc(CNC(=O)c3ccc(S(N)(=O)=O)cc3)nc21. The van der Waals surface area contributed by atoms with Crippen LogP contribution in [0.15, 0.2) is 47.4 Å². The van der Waals surface area contributed by atoms with E-state index in [1.807, 2.05) is 6.07 Å². The number of nitrogen functional groups attached to an aromatic ring is 1. The van der Waals surface area contributed by atoms with E-state index in [0.717, 1.165) is 0 Å². The molecule has 2 aromatic heterocycles. The number of aromatic nitrogens is 4. The van der Waals surface area contributed by atoms with Gasteiger partial charge in [-0.3, -0.25) is 4.79 Å². The smallest absolute Gasteiger partial charge is 0.251 e. The van der Waals surface area contributed by atoms with Crippen LogP contribution in [0.4, 0.5) is 5.95 Å². The van der Waals surface area contributed by atoms with Crippen molar-refractivity contribution < 1.29 is 17.9 Å². The van der Waals surface area contributed by atoms with Crippen molar-refractivity contribution in [3.05, 3.63) is 53.9 Å². The minimum Gasteiger partial charge on any atom is -0.494 e. The van der Waals surface area contributed by atoms with E-state index < -0.39 is 15.9 Å². The molecule has 0 aliphatic carbocycles. The maximum Gasteiger partial charge on any atom is 0.251 e. The molecule has 0 atom stereocenters. The Hall–Kier alpha value is -3.77. The minimum atomic E-state index is -3.82. The number of primary sulfonamides is 1. The van der Waals surface area contributed by atoms with Gasteiger partial charge in [-0.15, -0.1) is 5.10 Å². The number of nitrogens with two attached hydrogens (primary N) is 2. The minimum absolute atomic E-state index is 0.0301. The zero-order chi connectivity index (χ0) is 21.5. The highest BCUT2D eigenvalue weighted by molar-refractivity contribution is 7.89. The van der Waals surface area contributed by atoms with Crippen molar-refractivity contribution in [3.8, 4) is 5.75 Å². The molecule has 11 nitrogen and oxygen atoms in total. The fraction of sp³-hybridized carbons (Fsp3) is 0.111. The molecule has 5 N–H and O–H groups in total. The number of carbonyl (C=O) groups excluding carboxylic acids is 1. The highest BCUT2D eigenvalue weighted by Crippen LogP contribution is 2.27. The number of amides is 1. The summed E-state index contributed by atoms with van der Waals surface area (Å²) in [4.78, 5) is 21.1. The van der Waals surface area contributed by atoms with E-state index in [2.05, 4.69) is 20.4 Å². The van der Waals surface area contributed by atoms with Gasteiger partial charge in [-0.1, -0.05) is 6.07 Å². The highest BCUT2D eigenvalue weighted by atomic mass is 32.2. The lowest BCUT2D eigenvalue weighted by atomic mass is 10.2. The first-order valence-electron chi connectivity index (χ1n) is 8.67. The summed E-state index contributed by atoms with van der Waals surface area (Å²) in [6, 6.07) is 10.7. The van der Waals surface area contributed by atoms with E-state index in [4.69, 9.17) is 15.6 Å². The number of nitrogens with zero attached hydrogens (tertiary/aromatic N) is 4. The number of fused-ring (bicyclic) bond motifs is 3. The summed E-state index contributed by atoms with van der Waals surface area (Å²) in [7, 11) is -2.28. The molecule has 2 aromatic carbocycles. The Bertz CT molecular complexity index is 1380. The Labute approximate surface area is 170 Å². The lowest BCUT2D eigenvalue weighted by molar-refractivity contribution is 0.0950. The van der Waals surface area contributed by atoms with Crippen LogP contribution in [0.3, 0.4) is 0 Å². The van der Waals surface area contributed by atoms with Gasteiger partial charge in [0.25, 0.3) is 5.91 Å². The molecule has 0 bridgehead atoms. The molecule has 0 radical (unpaired) electrons. The van der Waals surface area contributed by atoms with Crippen molar-refractivity contribution in [3.63, 3.8) is 0 Å². The second-order valence-electron chi connectivity index (χ2n) is 6.34. The number of hydrogen-bond acceptors (Lipinski definition) is 8. The summed E-state index contributed by atoms with van der Waals surface area (Å²) in [5, 5.41) is 12.7. The maximum atomic E-state index is 12.3. The Morgan fingerprint density at radius 2 is 1.90 bits per heavy atom. The van der Waals surface area contributed by atoms with Crippen LogP contribution in [0.25, 0.3) is 16.6 Å². The van der Waals surface area contributed by atoms with Crippen LogP contribution in [-0.4, -0.2) is 41.0 Å². The van der Waals surface area contributed by atoms with Crippen molar-refractivity contribution in [2.45, 2.75) is 11.4 Å². The molecular weight excluding hydrogens is 410 g/mol. The molecule has 0 aliphatic heterocycles. The lowest BCUT2D eigenvalue weighted by Gasteiger charge is -2.06. The van der Waals surface area contributed by atoms with Crippen LogP contribution in [0.5, 0.6) is 5.75 Å². The summed E-state index contributed by atoms with van der Waals surface area (Å²) >= 11 is 0. The third kappa shape index (κ3) is 3.49. The number of carbonyl (C=O) groups is 1. The molecule has 30 heavy (non-hydrogen) atoms. The Morgan fingerprint density at radius 3 is 2.57 bits per heavy atom. The Morgan fingerprint density at radius 1 is 1.17 bits per heavy atom. The summed E-state index contributed by atoms with van der Waals surface area (Å²) in [5.41, 5.74) is 7.31. The zero-order valence-corrected chi connectivity index (χ0v) is 16.5. The van der Waals surface area contributed by atoms with Gasteiger partial charge < -0.3 is 15.8 Å². The van der Waals surface area contributed by atoms with Crippen molar-refractivity contribution >= 4 is 38.4 Å². The number of nitrogens with one attached hydrogen (secondary N) is 1. The standard InChI is InChI=1S/C18H17N7O4S/c1-29-13-4-2-3-12-15(13)23-18(19)25-16(12)22-14(24-25)9-21-17(26)10-5-7-11(8-6-10)30(20,27)28/h2-8H,9H2,1H3,(H2,19,23)(H,21,26)(H2,20,27,28). The maximum absolute atomic E-state index is 12.3. The van der Waals surface area contributed by atoms with Gasteiger partial charge in [0.05, 0.1) is 18.6 Å². The molecule has 0 saturated carbocycles. The fourth-order valence-corrected chi connectivity index (χ4v) is 3.48. The first-order valence-corrected chi connectivity index (χ1v) is 10.2. The van der Waals surface area contributed by atoms with Crippen molar-refractivity contribution in [1.29, 1.82) is 0 Å². The summed E-state index contributed by atoms with van der Waals surface area (Å²) < 4.78 is 29.3. The monoisotopic (exact) mass is 427 g/mol. The molecule has 0 saturated heterocycles. The van der Waals surface area contributed by atoms with Gasteiger partial charge in [-0.05, 0) is 36.4 Å². The van der Waals surface area contributed by atoms with Crippen LogP contribution in [0.1, 0.15) is 16.2 Å². The van der Waals surface area contributed by atoms with Crippen molar-refractivity contribution in [2.24, 2.45) is 5.14 Å². The number of rotatable bonds is 5. The average molecular weight is 427 g/mol.